The lowest BCUT2D eigenvalue weighted by Crippen LogP contribution is -2.13. The van der Waals surface area contributed by atoms with Crippen LogP contribution in [0.1, 0.15) is 29.0 Å². The summed E-state index contributed by atoms with van der Waals surface area (Å²) in [6.07, 6.45) is 2.73. The number of carboxylic acids is 1. The van der Waals surface area contributed by atoms with E-state index in [1.807, 2.05) is 6.92 Å². The van der Waals surface area contributed by atoms with Crippen LogP contribution in [-0.2, 0) is 0 Å². The third-order valence-electron chi connectivity index (χ3n) is 2.62. The van der Waals surface area contributed by atoms with E-state index in [1.165, 1.54) is 24.5 Å². The van der Waals surface area contributed by atoms with Crippen molar-refractivity contribution in [3.63, 3.8) is 0 Å². The first-order valence-electron chi connectivity index (χ1n) is 5.64. The van der Waals surface area contributed by atoms with Gasteiger partial charge >= 0.3 is 5.97 Å². The highest BCUT2D eigenvalue weighted by Crippen LogP contribution is 2.19. The molecule has 0 saturated carbocycles. The Morgan fingerprint density at radius 2 is 1.89 bits per heavy atom. The first kappa shape index (κ1) is 12.9. The van der Waals surface area contributed by atoms with Gasteiger partial charge in [0.15, 0.2) is 11.5 Å². The normalized spacial score (nSPS) is 11.9. The molecule has 1 unspecified atom stereocenters. The Bertz CT molecular complexity index is 587. The van der Waals surface area contributed by atoms with E-state index in [0.717, 1.165) is 5.56 Å². The van der Waals surface area contributed by atoms with E-state index >= 15 is 0 Å². The maximum Gasteiger partial charge on any atom is 0.358 e. The van der Waals surface area contributed by atoms with E-state index in [2.05, 4.69) is 15.3 Å². The zero-order chi connectivity index (χ0) is 13.8. The summed E-state index contributed by atoms with van der Waals surface area (Å²) in [4.78, 5) is 18.7. The molecule has 19 heavy (non-hydrogen) atoms. The number of carbonyl (C=O) groups is 1. The SMILES string of the molecule is CC(Nc1nccnc1C(=O)O)c1ccc(F)cc1. The van der Waals surface area contributed by atoms with E-state index in [0.29, 0.717) is 0 Å². The van der Waals surface area contributed by atoms with Gasteiger partial charge in [0, 0.05) is 12.4 Å². The van der Waals surface area contributed by atoms with Gasteiger partial charge in [0.25, 0.3) is 0 Å². The van der Waals surface area contributed by atoms with Gasteiger partial charge in [-0.3, -0.25) is 0 Å². The topological polar surface area (TPSA) is 75.1 Å². The van der Waals surface area contributed by atoms with Crippen LogP contribution in [0.4, 0.5) is 10.2 Å². The second kappa shape index (κ2) is 5.43. The predicted molar refractivity (Wildman–Crippen MR) is 67.4 cm³/mol. The molecular formula is C13H12FN3O2. The highest BCUT2D eigenvalue weighted by atomic mass is 19.1. The van der Waals surface area contributed by atoms with Crippen LogP contribution in [0.2, 0.25) is 0 Å². The van der Waals surface area contributed by atoms with Crippen molar-refractivity contribution >= 4 is 11.8 Å². The fraction of sp³-hybridized carbons (Fsp3) is 0.154. The van der Waals surface area contributed by atoms with Crippen molar-refractivity contribution < 1.29 is 14.3 Å². The fourth-order valence-electron chi connectivity index (χ4n) is 1.64. The molecule has 0 radical (unpaired) electrons. The van der Waals surface area contributed by atoms with E-state index < -0.39 is 5.97 Å². The van der Waals surface area contributed by atoms with Crippen LogP contribution in [0.25, 0.3) is 0 Å². The quantitative estimate of drug-likeness (QED) is 0.884. The summed E-state index contributed by atoms with van der Waals surface area (Å²) in [6.45, 7) is 1.83. The smallest absolute Gasteiger partial charge is 0.358 e. The Balaban J connectivity index is 2.21. The monoisotopic (exact) mass is 261 g/mol. The molecular weight excluding hydrogens is 249 g/mol. The molecule has 0 aliphatic rings. The van der Waals surface area contributed by atoms with Gasteiger partial charge in [-0.25, -0.2) is 19.2 Å². The van der Waals surface area contributed by atoms with Crippen LogP contribution < -0.4 is 5.32 Å². The first-order valence-corrected chi connectivity index (χ1v) is 5.64. The van der Waals surface area contributed by atoms with Crippen molar-refractivity contribution in [1.82, 2.24) is 9.97 Å². The number of anilines is 1. The lowest BCUT2D eigenvalue weighted by Gasteiger charge is -2.15. The molecule has 0 spiro atoms. The number of aromatic carboxylic acids is 1. The van der Waals surface area contributed by atoms with Crippen LogP contribution in [-0.4, -0.2) is 21.0 Å². The Kier molecular flexibility index (Phi) is 3.70. The van der Waals surface area contributed by atoms with Gasteiger partial charge in [0.1, 0.15) is 5.82 Å². The molecule has 0 bridgehead atoms. The molecule has 1 heterocycles. The van der Waals surface area contributed by atoms with Crippen molar-refractivity contribution in [2.24, 2.45) is 0 Å². The van der Waals surface area contributed by atoms with Gasteiger partial charge in [-0.15, -0.1) is 0 Å². The molecule has 2 aromatic rings. The van der Waals surface area contributed by atoms with E-state index in [9.17, 15) is 9.18 Å². The molecule has 1 aromatic heterocycles. The Labute approximate surface area is 109 Å². The second-order valence-electron chi connectivity index (χ2n) is 3.98. The minimum atomic E-state index is -1.15. The highest BCUT2D eigenvalue weighted by molar-refractivity contribution is 5.90. The molecule has 5 nitrogen and oxygen atoms in total. The maximum atomic E-state index is 12.8. The lowest BCUT2D eigenvalue weighted by atomic mass is 10.1. The van der Waals surface area contributed by atoms with Crippen molar-refractivity contribution in [1.29, 1.82) is 0 Å². The predicted octanol–water partition coefficient (Wildman–Crippen LogP) is 2.49. The average molecular weight is 261 g/mol. The summed E-state index contributed by atoms with van der Waals surface area (Å²) in [6, 6.07) is 5.74. The van der Waals surface area contributed by atoms with Gasteiger partial charge in [-0.1, -0.05) is 12.1 Å². The highest BCUT2D eigenvalue weighted by Gasteiger charge is 2.15. The summed E-state index contributed by atoms with van der Waals surface area (Å²) >= 11 is 0. The second-order valence-corrected chi connectivity index (χ2v) is 3.98. The van der Waals surface area contributed by atoms with Gasteiger partial charge in [0.2, 0.25) is 0 Å². The van der Waals surface area contributed by atoms with Gasteiger partial charge in [-0.2, -0.15) is 0 Å². The zero-order valence-electron chi connectivity index (χ0n) is 10.2. The molecule has 2 N–H and O–H groups in total. The third kappa shape index (κ3) is 3.04. The largest absolute Gasteiger partial charge is 0.476 e. The number of nitrogens with one attached hydrogen (secondary N) is 1. The molecule has 0 amide bonds. The molecule has 0 fully saturated rings. The number of benzene rings is 1. The van der Waals surface area contributed by atoms with Crippen LogP contribution >= 0.6 is 0 Å². The van der Waals surface area contributed by atoms with E-state index in [4.69, 9.17) is 5.11 Å². The summed E-state index contributed by atoms with van der Waals surface area (Å²) in [5.41, 5.74) is 0.680. The number of carboxylic acid groups (broad SMARTS) is 1. The molecule has 0 aliphatic carbocycles. The molecule has 0 aliphatic heterocycles. The minimum Gasteiger partial charge on any atom is -0.476 e. The van der Waals surface area contributed by atoms with Crippen molar-refractivity contribution in [2.75, 3.05) is 5.32 Å². The number of rotatable bonds is 4. The molecule has 6 heteroatoms. The number of hydrogen-bond donors (Lipinski definition) is 2. The van der Waals surface area contributed by atoms with Crippen LogP contribution in [0.15, 0.2) is 36.7 Å². The third-order valence-corrected chi connectivity index (χ3v) is 2.62. The Morgan fingerprint density at radius 3 is 2.53 bits per heavy atom. The van der Waals surface area contributed by atoms with Gasteiger partial charge < -0.3 is 10.4 Å². The zero-order valence-corrected chi connectivity index (χ0v) is 10.2. The van der Waals surface area contributed by atoms with Crippen LogP contribution in [0.5, 0.6) is 0 Å². The van der Waals surface area contributed by atoms with Crippen molar-refractivity contribution in [3.05, 3.63) is 53.7 Å². The van der Waals surface area contributed by atoms with Gasteiger partial charge in [-0.05, 0) is 24.6 Å². The minimum absolute atomic E-state index is 0.142. The van der Waals surface area contributed by atoms with Gasteiger partial charge in [0.05, 0.1) is 6.04 Å². The standard InChI is InChI=1S/C13H12FN3O2/c1-8(9-2-4-10(14)5-3-9)17-12-11(13(18)19)15-6-7-16-12/h2-8H,1H3,(H,16,17)(H,18,19). The molecule has 0 saturated heterocycles. The Morgan fingerprint density at radius 1 is 1.26 bits per heavy atom. The van der Waals surface area contributed by atoms with E-state index in [-0.39, 0.29) is 23.4 Å². The summed E-state index contributed by atoms with van der Waals surface area (Å²) in [7, 11) is 0. The van der Waals surface area contributed by atoms with Crippen LogP contribution in [0.3, 0.4) is 0 Å². The summed E-state index contributed by atoms with van der Waals surface area (Å²) < 4.78 is 12.8. The average Bonchev–Trinajstić information content (AvgIpc) is 2.39. The molecule has 1 aromatic carbocycles. The number of nitrogens with zero attached hydrogens (tertiary/aromatic N) is 2. The van der Waals surface area contributed by atoms with Crippen molar-refractivity contribution in [2.45, 2.75) is 13.0 Å². The van der Waals surface area contributed by atoms with E-state index in [1.54, 1.807) is 12.1 Å². The maximum absolute atomic E-state index is 12.8. The summed E-state index contributed by atoms with van der Waals surface area (Å²) in [5.74, 6) is -1.28. The molecule has 98 valence electrons. The number of halogens is 1. The fourth-order valence-corrected chi connectivity index (χ4v) is 1.64. The Hall–Kier alpha value is -2.50. The first-order chi connectivity index (χ1) is 9.08. The summed E-state index contributed by atoms with van der Waals surface area (Å²) in [5, 5.41) is 11.9. The number of aromatic nitrogens is 2. The number of hydrogen-bond acceptors (Lipinski definition) is 4. The molecule has 1 atom stereocenters. The van der Waals surface area contributed by atoms with Crippen LogP contribution in [0, 0.1) is 5.82 Å². The van der Waals surface area contributed by atoms with Crippen molar-refractivity contribution in [3.8, 4) is 0 Å². The lowest BCUT2D eigenvalue weighted by molar-refractivity contribution is 0.0691. The molecule has 2 rings (SSSR count).